The van der Waals surface area contributed by atoms with Gasteiger partial charge in [0, 0.05) is 10.4 Å². The molecule has 1 fully saturated rings. The van der Waals surface area contributed by atoms with E-state index >= 15 is 0 Å². The average Bonchev–Trinajstić information content (AvgIpc) is 2.97. The van der Waals surface area contributed by atoms with Gasteiger partial charge in [-0.1, -0.05) is 6.92 Å². The van der Waals surface area contributed by atoms with Crippen molar-refractivity contribution in [3.8, 4) is 10.6 Å². The van der Waals surface area contributed by atoms with Crippen LogP contribution in [0.3, 0.4) is 0 Å². The molecule has 0 saturated carbocycles. The molecule has 0 aliphatic carbocycles. The summed E-state index contributed by atoms with van der Waals surface area (Å²) in [5.74, 6) is -1.80. The van der Waals surface area contributed by atoms with Gasteiger partial charge < -0.3 is 4.74 Å². The fourth-order valence-corrected chi connectivity index (χ4v) is 4.40. The minimum Gasteiger partial charge on any atom is -0.354 e. The van der Waals surface area contributed by atoms with Crippen LogP contribution in [0.4, 0.5) is 4.39 Å². The number of halogens is 1. The van der Waals surface area contributed by atoms with Gasteiger partial charge in [-0.25, -0.2) is 9.37 Å². The molecule has 1 saturated heterocycles. The largest absolute Gasteiger partial charge is 0.354 e. The highest BCUT2D eigenvalue weighted by Crippen LogP contribution is 2.41. The zero-order chi connectivity index (χ0) is 19.3. The van der Waals surface area contributed by atoms with Crippen LogP contribution in [0.5, 0.6) is 0 Å². The number of ketones is 2. The van der Waals surface area contributed by atoms with E-state index in [-0.39, 0.29) is 17.4 Å². The van der Waals surface area contributed by atoms with E-state index in [0.29, 0.717) is 17.1 Å². The number of aromatic nitrogens is 1. The normalized spacial score (nSPS) is 19.8. The first-order valence-corrected chi connectivity index (χ1v) is 9.43. The van der Waals surface area contributed by atoms with Gasteiger partial charge in [-0.15, -0.1) is 11.3 Å². The van der Waals surface area contributed by atoms with Crippen LogP contribution < -0.4 is 0 Å². The van der Waals surface area contributed by atoms with Crippen LogP contribution >= 0.6 is 11.3 Å². The van der Waals surface area contributed by atoms with E-state index in [9.17, 15) is 14.0 Å². The lowest BCUT2D eigenvalue weighted by atomic mass is 9.76. The van der Waals surface area contributed by atoms with Crippen LogP contribution in [0.1, 0.15) is 51.1 Å². The summed E-state index contributed by atoms with van der Waals surface area (Å²) < 4.78 is 18.9. The Balaban J connectivity index is 2.11. The lowest BCUT2D eigenvalue weighted by Crippen LogP contribution is -2.58. The molecule has 0 amide bonds. The van der Waals surface area contributed by atoms with Crippen molar-refractivity contribution in [1.29, 1.82) is 0 Å². The molecule has 0 radical (unpaired) electrons. The minimum absolute atomic E-state index is 0.271. The topological polar surface area (TPSA) is 56.3 Å². The van der Waals surface area contributed by atoms with Crippen LogP contribution in [-0.4, -0.2) is 27.8 Å². The van der Waals surface area contributed by atoms with Crippen molar-refractivity contribution in [3.05, 3.63) is 40.7 Å². The maximum absolute atomic E-state index is 13.2. The van der Waals surface area contributed by atoms with E-state index in [4.69, 9.17) is 4.74 Å². The summed E-state index contributed by atoms with van der Waals surface area (Å²) >= 11 is 1.44. The summed E-state index contributed by atoms with van der Waals surface area (Å²) in [6.45, 7) is 8.73. The van der Waals surface area contributed by atoms with Gasteiger partial charge in [-0.3, -0.25) is 9.59 Å². The number of aryl methyl sites for hydroxylation is 1. The van der Waals surface area contributed by atoms with Crippen molar-refractivity contribution < 1.29 is 18.7 Å². The van der Waals surface area contributed by atoms with Gasteiger partial charge in [-0.2, -0.15) is 0 Å². The van der Waals surface area contributed by atoms with E-state index in [1.165, 1.54) is 23.5 Å². The van der Waals surface area contributed by atoms with E-state index in [1.807, 2.05) is 6.92 Å². The number of rotatable bonds is 3. The fraction of sp³-hybridized carbons (Fsp3) is 0.450. The summed E-state index contributed by atoms with van der Waals surface area (Å²) in [5, 5.41) is 0.680. The predicted molar refractivity (Wildman–Crippen MR) is 98.9 cm³/mol. The number of hydrogen-bond donors (Lipinski definition) is 0. The second-order valence-electron chi connectivity index (χ2n) is 7.47. The van der Waals surface area contributed by atoms with Gasteiger partial charge in [0.1, 0.15) is 27.9 Å². The first-order valence-electron chi connectivity index (χ1n) is 8.61. The Kier molecular flexibility index (Phi) is 4.61. The number of carbonyl (C=O) groups is 2. The number of thiazole rings is 1. The molecule has 26 heavy (non-hydrogen) atoms. The zero-order valence-electron chi connectivity index (χ0n) is 15.6. The number of nitrogens with zero attached hydrogens (tertiary/aromatic N) is 1. The fourth-order valence-electron chi connectivity index (χ4n) is 3.36. The lowest BCUT2D eigenvalue weighted by Gasteiger charge is -2.42. The van der Waals surface area contributed by atoms with Crippen molar-refractivity contribution in [2.24, 2.45) is 0 Å². The van der Waals surface area contributed by atoms with E-state index in [1.54, 1.807) is 39.8 Å². The van der Waals surface area contributed by atoms with Crippen molar-refractivity contribution in [2.45, 2.75) is 58.2 Å². The first kappa shape index (κ1) is 18.9. The second-order valence-corrected chi connectivity index (χ2v) is 8.56. The number of ether oxygens (including phenoxy) is 1. The van der Waals surface area contributed by atoms with Crippen molar-refractivity contribution >= 4 is 22.9 Å². The molecular weight excluding hydrogens is 353 g/mol. The maximum Gasteiger partial charge on any atom is 0.180 e. The van der Waals surface area contributed by atoms with Crippen LogP contribution in [0.25, 0.3) is 10.6 Å². The molecule has 0 bridgehead atoms. The molecule has 2 aromatic rings. The van der Waals surface area contributed by atoms with Crippen molar-refractivity contribution in [3.63, 3.8) is 0 Å². The Bertz CT molecular complexity index is 842. The zero-order valence-corrected chi connectivity index (χ0v) is 16.4. The van der Waals surface area contributed by atoms with Gasteiger partial charge in [0.05, 0.1) is 5.69 Å². The molecule has 4 nitrogen and oxygen atoms in total. The van der Waals surface area contributed by atoms with Gasteiger partial charge in [0.25, 0.3) is 0 Å². The first-order chi connectivity index (χ1) is 12.1. The van der Waals surface area contributed by atoms with Crippen molar-refractivity contribution in [1.82, 2.24) is 4.98 Å². The van der Waals surface area contributed by atoms with Gasteiger partial charge in [0.2, 0.25) is 0 Å². The average molecular weight is 375 g/mol. The molecule has 1 aromatic carbocycles. The summed E-state index contributed by atoms with van der Waals surface area (Å²) in [4.78, 5) is 31.5. The Morgan fingerprint density at radius 2 is 1.62 bits per heavy atom. The third kappa shape index (κ3) is 3.12. The van der Waals surface area contributed by atoms with E-state index < -0.39 is 17.1 Å². The Morgan fingerprint density at radius 1 is 1.08 bits per heavy atom. The summed E-state index contributed by atoms with van der Waals surface area (Å²) in [6, 6.07) is 6.05. The number of Topliss-reactive ketones (excluding diaryl/α,β-unsaturated/α-hetero) is 2. The van der Waals surface area contributed by atoms with Crippen LogP contribution in [0.2, 0.25) is 0 Å². The molecule has 138 valence electrons. The summed E-state index contributed by atoms with van der Waals surface area (Å²) in [5.41, 5.74) is -0.849. The predicted octanol–water partition coefficient (Wildman–Crippen LogP) is 4.32. The number of carbonyl (C=O) groups excluding carboxylic acids is 2. The quantitative estimate of drug-likeness (QED) is 0.750. The molecule has 0 unspecified atom stereocenters. The molecule has 1 aliphatic rings. The van der Waals surface area contributed by atoms with Crippen LogP contribution in [0, 0.1) is 5.82 Å². The molecule has 2 heterocycles. The van der Waals surface area contributed by atoms with E-state index in [0.717, 1.165) is 10.4 Å². The minimum atomic E-state index is -1.06. The molecule has 0 N–H and O–H groups in total. The second kappa shape index (κ2) is 6.35. The standard InChI is InChI=1S/C20H22FNO3S/c1-6-13-15(22-18(26-13)11-7-9-12(21)10-8-11)14-16(23)19(2,3)25-20(4,5)17(14)24/h7-10,14H,6H2,1-5H3. The summed E-state index contributed by atoms with van der Waals surface area (Å²) in [6.07, 6.45) is 0.660. The Hall–Kier alpha value is -1.92. The smallest absolute Gasteiger partial charge is 0.180 e. The maximum atomic E-state index is 13.2. The Labute approximate surface area is 156 Å². The SMILES string of the molecule is CCc1sc(-c2ccc(F)cc2)nc1C1C(=O)C(C)(C)OC(C)(C)C1=O. The highest BCUT2D eigenvalue weighted by molar-refractivity contribution is 7.15. The van der Waals surface area contributed by atoms with E-state index in [2.05, 4.69) is 4.98 Å². The molecule has 3 rings (SSSR count). The number of benzene rings is 1. The molecular formula is C20H22FNO3S. The molecule has 1 aromatic heterocycles. The highest BCUT2D eigenvalue weighted by Gasteiger charge is 2.54. The molecule has 0 atom stereocenters. The Morgan fingerprint density at radius 3 is 2.12 bits per heavy atom. The van der Waals surface area contributed by atoms with Gasteiger partial charge in [-0.05, 0) is 58.4 Å². The van der Waals surface area contributed by atoms with Crippen LogP contribution in [-0.2, 0) is 20.7 Å². The molecule has 1 aliphatic heterocycles. The van der Waals surface area contributed by atoms with Gasteiger partial charge >= 0.3 is 0 Å². The lowest BCUT2D eigenvalue weighted by molar-refractivity contribution is -0.184. The number of hydrogen-bond acceptors (Lipinski definition) is 5. The third-order valence-corrected chi connectivity index (χ3v) is 5.90. The monoisotopic (exact) mass is 375 g/mol. The molecule has 0 spiro atoms. The third-order valence-electron chi connectivity index (χ3n) is 4.63. The van der Waals surface area contributed by atoms with Crippen LogP contribution in [0.15, 0.2) is 24.3 Å². The highest BCUT2D eigenvalue weighted by atomic mass is 32.1. The summed E-state index contributed by atoms with van der Waals surface area (Å²) in [7, 11) is 0. The molecule has 6 heteroatoms. The van der Waals surface area contributed by atoms with Crippen molar-refractivity contribution in [2.75, 3.05) is 0 Å². The van der Waals surface area contributed by atoms with Gasteiger partial charge in [0.15, 0.2) is 11.6 Å².